The first-order chi connectivity index (χ1) is 8.99. The Kier molecular flexibility index (Phi) is 3.93. The first-order valence-corrected chi connectivity index (χ1v) is 7.11. The van der Waals surface area contributed by atoms with Crippen molar-refractivity contribution >= 4 is 10.0 Å². The number of aliphatic hydroxyl groups excluding tert-OH is 1. The molecule has 8 heteroatoms. The van der Waals surface area contributed by atoms with Crippen molar-refractivity contribution in [2.24, 2.45) is 0 Å². The van der Waals surface area contributed by atoms with Gasteiger partial charge in [0.1, 0.15) is 4.90 Å². The molecule has 0 saturated heterocycles. The Hall–Kier alpha value is -1.77. The van der Waals surface area contributed by atoms with Gasteiger partial charge in [-0.15, -0.1) is 0 Å². The Morgan fingerprint density at radius 2 is 2.26 bits per heavy atom. The van der Waals surface area contributed by atoms with Crippen molar-refractivity contribution in [2.75, 3.05) is 6.54 Å². The third kappa shape index (κ3) is 3.37. The van der Waals surface area contributed by atoms with E-state index < -0.39 is 16.1 Å². The van der Waals surface area contributed by atoms with Gasteiger partial charge in [0.05, 0.1) is 18.5 Å². The molecule has 0 spiro atoms. The topological polar surface area (TPSA) is 97.1 Å². The van der Waals surface area contributed by atoms with E-state index in [1.807, 2.05) is 0 Å². The van der Waals surface area contributed by atoms with E-state index in [1.165, 1.54) is 24.0 Å². The maximum absolute atomic E-state index is 11.9. The van der Waals surface area contributed by atoms with E-state index in [0.29, 0.717) is 5.82 Å². The maximum atomic E-state index is 11.9. The third-order valence-corrected chi connectivity index (χ3v) is 3.70. The van der Waals surface area contributed by atoms with E-state index >= 15 is 0 Å². The lowest BCUT2D eigenvalue weighted by Gasteiger charge is -2.06. The molecule has 2 aromatic rings. The molecule has 0 aliphatic rings. The van der Waals surface area contributed by atoms with Gasteiger partial charge in [0, 0.05) is 12.7 Å². The van der Waals surface area contributed by atoms with Gasteiger partial charge in [-0.05, 0) is 19.1 Å². The van der Waals surface area contributed by atoms with Gasteiger partial charge >= 0.3 is 0 Å². The van der Waals surface area contributed by atoms with Crippen molar-refractivity contribution in [1.29, 1.82) is 0 Å². The van der Waals surface area contributed by atoms with Crippen LogP contribution in [-0.2, 0) is 10.0 Å². The van der Waals surface area contributed by atoms with Crippen molar-refractivity contribution in [3.05, 3.63) is 36.8 Å². The Morgan fingerprint density at radius 1 is 1.47 bits per heavy atom. The van der Waals surface area contributed by atoms with E-state index in [9.17, 15) is 8.42 Å². The van der Waals surface area contributed by atoms with Gasteiger partial charge in [-0.2, -0.15) is 5.10 Å². The molecule has 2 rings (SSSR count). The van der Waals surface area contributed by atoms with Gasteiger partial charge in [-0.1, -0.05) is 6.07 Å². The number of nitrogens with one attached hydrogen (secondary N) is 1. The van der Waals surface area contributed by atoms with Crippen LogP contribution in [0.15, 0.2) is 41.7 Å². The van der Waals surface area contributed by atoms with Gasteiger partial charge in [-0.25, -0.2) is 22.8 Å². The number of rotatable bonds is 5. The fraction of sp³-hybridized carbons (Fsp3) is 0.273. The van der Waals surface area contributed by atoms with Crippen molar-refractivity contribution < 1.29 is 13.5 Å². The van der Waals surface area contributed by atoms with E-state index in [0.717, 1.165) is 0 Å². The molecule has 0 radical (unpaired) electrons. The second-order valence-electron chi connectivity index (χ2n) is 4.01. The van der Waals surface area contributed by atoms with Gasteiger partial charge in [0.2, 0.25) is 10.0 Å². The number of hydrogen-bond acceptors (Lipinski definition) is 5. The number of aromatic nitrogens is 3. The largest absolute Gasteiger partial charge is 0.392 e. The number of pyridine rings is 1. The molecular formula is C11H14N4O3S. The van der Waals surface area contributed by atoms with Crippen LogP contribution in [0.5, 0.6) is 0 Å². The lowest BCUT2D eigenvalue weighted by Crippen LogP contribution is -2.30. The van der Waals surface area contributed by atoms with E-state index in [1.54, 1.807) is 24.4 Å². The molecule has 2 heterocycles. The summed E-state index contributed by atoms with van der Waals surface area (Å²) in [6.07, 6.45) is 3.45. The first kappa shape index (κ1) is 13.7. The standard InChI is InChI=1S/C11H14N4O3S/c1-9(16)6-14-19(17,18)10-7-13-15(8-10)11-4-2-3-5-12-11/h2-5,7-9,14,16H,6H2,1H3. The number of nitrogens with zero attached hydrogens (tertiary/aromatic N) is 3. The summed E-state index contributed by atoms with van der Waals surface area (Å²) in [4.78, 5) is 4.09. The van der Waals surface area contributed by atoms with Crippen molar-refractivity contribution in [3.8, 4) is 5.82 Å². The minimum Gasteiger partial charge on any atom is -0.392 e. The molecule has 0 amide bonds. The predicted octanol–water partition coefficient (Wildman–Crippen LogP) is -0.0736. The quantitative estimate of drug-likeness (QED) is 0.800. The van der Waals surface area contributed by atoms with Crippen molar-refractivity contribution in [1.82, 2.24) is 19.5 Å². The highest BCUT2D eigenvalue weighted by Gasteiger charge is 2.17. The molecule has 7 nitrogen and oxygen atoms in total. The fourth-order valence-corrected chi connectivity index (χ4v) is 2.43. The van der Waals surface area contributed by atoms with Crippen LogP contribution in [0.3, 0.4) is 0 Å². The fourth-order valence-electron chi connectivity index (χ4n) is 1.37. The average Bonchev–Trinajstić information content (AvgIpc) is 2.88. The third-order valence-electron chi connectivity index (χ3n) is 2.32. The molecule has 0 fully saturated rings. The van der Waals surface area contributed by atoms with Crippen LogP contribution < -0.4 is 4.72 Å². The van der Waals surface area contributed by atoms with Crippen LogP contribution in [0, 0.1) is 0 Å². The van der Waals surface area contributed by atoms with Gasteiger partial charge in [0.25, 0.3) is 0 Å². The van der Waals surface area contributed by atoms with Crippen LogP contribution >= 0.6 is 0 Å². The van der Waals surface area contributed by atoms with Crippen LogP contribution in [0.25, 0.3) is 5.82 Å². The molecule has 102 valence electrons. The molecule has 1 atom stereocenters. The highest BCUT2D eigenvalue weighted by molar-refractivity contribution is 7.89. The molecule has 2 N–H and O–H groups in total. The summed E-state index contributed by atoms with van der Waals surface area (Å²) < 4.78 is 27.4. The summed E-state index contributed by atoms with van der Waals surface area (Å²) in [6.45, 7) is 1.46. The zero-order chi connectivity index (χ0) is 13.9. The molecule has 2 aromatic heterocycles. The normalized spacial score (nSPS) is 13.4. The lowest BCUT2D eigenvalue weighted by atomic mass is 10.4. The predicted molar refractivity (Wildman–Crippen MR) is 68.2 cm³/mol. The summed E-state index contributed by atoms with van der Waals surface area (Å²) in [5.74, 6) is 0.527. The van der Waals surface area contributed by atoms with Gasteiger partial charge in [0.15, 0.2) is 5.82 Å². The zero-order valence-electron chi connectivity index (χ0n) is 10.3. The summed E-state index contributed by atoms with van der Waals surface area (Å²) >= 11 is 0. The summed E-state index contributed by atoms with van der Waals surface area (Å²) in [5.41, 5.74) is 0. The monoisotopic (exact) mass is 282 g/mol. The molecule has 0 aromatic carbocycles. The number of hydrogen-bond donors (Lipinski definition) is 2. The van der Waals surface area contributed by atoms with E-state index in [2.05, 4.69) is 14.8 Å². The Morgan fingerprint density at radius 3 is 2.89 bits per heavy atom. The Bertz CT molecular complexity index is 637. The lowest BCUT2D eigenvalue weighted by molar-refractivity contribution is 0.198. The van der Waals surface area contributed by atoms with Gasteiger partial charge < -0.3 is 5.11 Å². The second kappa shape index (κ2) is 5.47. The van der Waals surface area contributed by atoms with Crippen molar-refractivity contribution in [3.63, 3.8) is 0 Å². The van der Waals surface area contributed by atoms with E-state index in [-0.39, 0.29) is 11.4 Å². The van der Waals surface area contributed by atoms with E-state index in [4.69, 9.17) is 5.11 Å². The molecule has 0 aliphatic heterocycles. The summed E-state index contributed by atoms with van der Waals surface area (Å²) in [7, 11) is -3.66. The summed E-state index contributed by atoms with van der Waals surface area (Å²) in [5, 5.41) is 13.0. The van der Waals surface area contributed by atoms with Crippen LogP contribution in [0.2, 0.25) is 0 Å². The highest BCUT2D eigenvalue weighted by atomic mass is 32.2. The molecule has 0 aliphatic carbocycles. The Labute approximate surface area is 111 Å². The number of sulfonamides is 1. The highest BCUT2D eigenvalue weighted by Crippen LogP contribution is 2.10. The summed E-state index contributed by atoms with van der Waals surface area (Å²) in [6, 6.07) is 5.26. The molecule has 0 saturated carbocycles. The molecule has 19 heavy (non-hydrogen) atoms. The number of aliphatic hydroxyl groups is 1. The van der Waals surface area contributed by atoms with Crippen LogP contribution in [-0.4, -0.2) is 40.9 Å². The van der Waals surface area contributed by atoms with Gasteiger partial charge in [-0.3, -0.25) is 0 Å². The molecular weight excluding hydrogens is 268 g/mol. The smallest absolute Gasteiger partial charge is 0.243 e. The maximum Gasteiger partial charge on any atom is 0.243 e. The average molecular weight is 282 g/mol. The minimum absolute atomic E-state index is 0.0267. The first-order valence-electron chi connectivity index (χ1n) is 5.63. The van der Waals surface area contributed by atoms with Crippen molar-refractivity contribution in [2.45, 2.75) is 17.9 Å². The zero-order valence-corrected chi connectivity index (χ0v) is 11.1. The SMILES string of the molecule is CC(O)CNS(=O)(=O)c1cnn(-c2ccccn2)c1. The van der Waals surface area contributed by atoms with Crippen LogP contribution in [0.1, 0.15) is 6.92 Å². The molecule has 1 unspecified atom stereocenters. The van der Waals surface area contributed by atoms with Crippen LogP contribution in [0.4, 0.5) is 0 Å². The Balaban J connectivity index is 2.22. The minimum atomic E-state index is -3.66. The second-order valence-corrected chi connectivity index (χ2v) is 5.78. The molecule has 0 bridgehead atoms.